The molecule has 0 bridgehead atoms. The van der Waals surface area contributed by atoms with Crippen LogP contribution in [0, 0.1) is 0 Å². The van der Waals surface area contributed by atoms with Gasteiger partial charge in [-0.15, -0.1) is 0 Å². The number of fused-ring (bicyclic) bond motifs is 1. The van der Waals surface area contributed by atoms with E-state index >= 15 is 0 Å². The fraction of sp³-hybridized carbons (Fsp3) is 0.333. The topological polar surface area (TPSA) is 57.6 Å². The first-order valence-corrected chi connectivity index (χ1v) is 5.19. The molecule has 4 nitrogen and oxygen atoms in total. The quantitative estimate of drug-likeness (QED) is 0.823. The zero-order valence-corrected chi connectivity index (χ0v) is 9.23. The summed E-state index contributed by atoms with van der Waals surface area (Å²) in [6.45, 7) is 3.76. The fourth-order valence-corrected chi connectivity index (χ4v) is 2.11. The second-order valence-electron chi connectivity index (χ2n) is 4.15. The number of rotatable bonds is 2. The summed E-state index contributed by atoms with van der Waals surface area (Å²) in [7, 11) is 0. The highest BCUT2D eigenvalue weighted by atomic mass is 16.4. The molecule has 16 heavy (non-hydrogen) atoms. The van der Waals surface area contributed by atoms with Gasteiger partial charge in [0.2, 0.25) is 5.91 Å². The summed E-state index contributed by atoms with van der Waals surface area (Å²) in [5, 5.41) is 9.10. The van der Waals surface area contributed by atoms with E-state index in [1.165, 1.54) is 6.07 Å². The number of carboxylic acid groups (broad SMARTS) is 1. The Morgan fingerprint density at radius 1 is 1.44 bits per heavy atom. The summed E-state index contributed by atoms with van der Waals surface area (Å²) in [6, 6.07) is 5.01. The first-order chi connectivity index (χ1) is 7.52. The molecule has 1 aromatic carbocycles. The summed E-state index contributed by atoms with van der Waals surface area (Å²) in [4.78, 5) is 24.4. The van der Waals surface area contributed by atoms with E-state index in [0.29, 0.717) is 12.1 Å². The van der Waals surface area contributed by atoms with Crippen LogP contribution < -0.4 is 4.90 Å². The van der Waals surface area contributed by atoms with Gasteiger partial charge in [-0.25, -0.2) is 4.79 Å². The Morgan fingerprint density at radius 2 is 2.12 bits per heavy atom. The van der Waals surface area contributed by atoms with Crippen LogP contribution in [-0.4, -0.2) is 23.0 Å². The van der Waals surface area contributed by atoms with Crippen molar-refractivity contribution in [3.8, 4) is 0 Å². The second kappa shape index (κ2) is 3.63. The molecule has 1 aliphatic rings. The van der Waals surface area contributed by atoms with E-state index in [4.69, 9.17) is 5.11 Å². The highest BCUT2D eigenvalue weighted by Gasteiger charge is 2.32. The van der Waals surface area contributed by atoms with Crippen molar-refractivity contribution < 1.29 is 14.7 Å². The number of carboxylic acids is 1. The van der Waals surface area contributed by atoms with Gasteiger partial charge in [-0.05, 0) is 25.5 Å². The lowest BCUT2D eigenvalue weighted by Crippen LogP contribution is -2.34. The molecule has 0 saturated carbocycles. The fourth-order valence-electron chi connectivity index (χ4n) is 2.11. The van der Waals surface area contributed by atoms with Gasteiger partial charge < -0.3 is 10.0 Å². The van der Waals surface area contributed by atoms with Crippen molar-refractivity contribution in [1.29, 1.82) is 0 Å². The van der Waals surface area contributed by atoms with Gasteiger partial charge in [0, 0.05) is 6.04 Å². The molecular weight excluding hydrogens is 206 g/mol. The third kappa shape index (κ3) is 1.46. The first kappa shape index (κ1) is 10.7. The van der Waals surface area contributed by atoms with Crippen molar-refractivity contribution >= 4 is 17.6 Å². The average molecular weight is 219 g/mol. The SMILES string of the molecule is CC(C)N1C(=O)Cc2cccc(C(=O)O)c21. The zero-order chi connectivity index (χ0) is 11.9. The second-order valence-corrected chi connectivity index (χ2v) is 4.15. The van der Waals surface area contributed by atoms with Crippen molar-refractivity contribution in [3.63, 3.8) is 0 Å². The molecule has 1 heterocycles. The molecule has 0 aliphatic carbocycles. The molecule has 4 heteroatoms. The van der Waals surface area contributed by atoms with E-state index in [9.17, 15) is 9.59 Å². The number of hydrogen-bond acceptors (Lipinski definition) is 2. The third-order valence-electron chi connectivity index (χ3n) is 2.72. The van der Waals surface area contributed by atoms with Gasteiger partial charge in [-0.1, -0.05) is 12.1 Å². The number of benzene rings is 1. The highest BCUT2D eigenvalue weighted by molar-refractivity contribution is 6.08. The number of carbonyl (C=O) groups is 2. The Morgan fingerprint density at radius 3 is 2.69 bits per heavy atom. The van der Waals surface area contributed by atoms with E-state index in [0.717, 1.165) is 5.56 Å². The van der Waals surface area contributed by atoms with Gasteiger partial charge in [-0.3, -0.25) is 4.79 Å². The Balaban J connectivity index is 2.61. The van der Waals surface area contributed by atoms with Crippen molar-refractivity contribution in [1.82, 2.24) is 0 Å². The smallest absolute Gasteiger partial charge is 0.337 e. The molecule has 1 aliphatic heterocycles. The summed E-state index contributed by atoms with van der Waals surface area (Å²) in [5.41, 5.74) is 1.57. The summed E-state index contributed by atoms with van der Waals surface area (Å²) < 4.78 is 0. The molecule has 1 amide bonds. The predicted molar refractivity (Wildman–Crippen MR) is 59.7 cm³/mol. The molecule has 1 N–H and O–H groups in total. The van der Waals surface area contributed by atoms with Gasteiger partial charge in [0.1, 0.15) is 0 Å². The van der Waals surface area contributed by atoms with Crippen molar-refractivity contribution in [2.24, 2.45) is 0 Å². The predicted octanol–water partition coefficient (Wildman–Crippen LogP) is 1.68. The van der Waals surface area contributed by atoms with Crippen molar-refractivity contribution in [2.75, 3.05) is 4.90 Å². The number of aromatic carboxylic acids is 1. The Kier molecular flexibility index (Phi) is 2.42. The van der Waals surface area contributed by atoms with E-state index in [2.05, 4.69) is 0 Å². The van der Waals surface area contributed by atoms with Crippen LogP contribution in [0.3, 0.4) is 0 Å². The van der Waals surface area contributed by atoms with Crippen LogP contribution in [0.15, 0.2) is 18.2 Å². The number of amides is 1. The first-order valence-electron chi connectivity index (χ1n) is 5.19. The summed E-state index contributed by atoms with van der Waals surface area (Å²) in [6.07, 6.45) is 0.300. The molecule has 1 aromatic rings. The van der Waals surface area contributed by atoms with Crippen molar-refractivity contribution in [3.05, 3.63) is 29.3 Å². The van der Waals surface area contributed by atoms with Crippen LogP contribution >= 0.6 is 0 Å². The van der Waals surface area contributed by atoms with E-state index in [-0.39, 0.29) is 17.5 Å². The molecule has 0 fully saturated rings. The number of carbonyl (C=O) groups excluding carboxylic acids is 1. The normalized spacial score (nSPS) is 14.4. The lowest BCUT2D eigenvalue weighted by molar-refractivity contribution is -0.117. The zero-order valence-electron chi connectivity index (χ0n) is 9.23. The van der Waals surface area contributed by atoms with E-state index < -0.39 is 5.97 Å². The number of nitrogens with zero attached hydrogens (tertiary/aromatic N) is 1. The van der Waals surface area contributed by atoms with Gasteiger partial charge >= 0.3 is 5.97 Å². The van der Waals surface area contributed by atoms with Crippen LogP contribution in [0.5, 0.6) is 0 Å². The maximum Gasteiger partial charge on any atom is 0.337 e. The van der Waals surface area contributed by atoms with Crippen LogP contribution in [0.25, 0.3) is 0 Å². The lowest BCUT2D eigenvalue weighted by Gasteiger charge is -2.23. The molecule has 0 saturated heterocycles. The summed E-state index contributed by atoms with van der Waals surface area (Å²) in [5.74, 6) is -1.02. The Labute approximate surface area is 93.5 Å². The van der Waals surface area contributed by atoms with Gasteiger partial charge in [0.25, 0.3) is 0 Å². The Bertz CT molecular complexity index is 465. The molecule has 84 valence electrons. The van der Waals surface area contributed by atoms with Crippen LogP contribution in [0.1, 0.15) is 29.8 Å². The largest absolute Gasteiger partial charge is 0.478 e. The molecule has 0 radical (unpaired) electrons. The van der Waals surface area contributed by atoms with E-state index in [1.54, 1.807) is 11.0 Å². The minimum absolute atomic E-state index is 0.0192. The maximum absolute atomic E-state index is 11.8. The molecule has 0 aromatic heterocycles. The highest BCUT2D eigenvalue weighted by Crippen LogP contribution is 2.33. The number of para-hydroxylation sites is 1. The molecule has 0 spiro atoms. The average Bonchev–Trinajstić information content (AvgIpc) is 2.52. The molecular formula is C12H13NO3. The molecule has 0 atom stereocenters. The summed E-state index contributed by atoms with van der Waals surface area (Å²) >= 11 is 0. The molecule has 0 unspecified atom stereocenters. The van der Waals surface area contributed by atoms with Gasteiger partial charge in [0.15, 0.2) is 0 Å². The van der Waals surface area contributed by atoms with Crippen molar-refractivity contribution in [2.45, 2.75) is 26.3 Å². The molecule has 2 rings (SSSR count). The van der Waals surface area contributed by atoms with Crippen LogP contribution in [-0.2, 0) is 11.2 Å². The Hall–Kier alpha value is -1.84. The van der Waals surface area contributed by atoms with E-state index in [1.807, 2.05) is 19.9 Å². The maximum atomic E-state index is 11.8. The van der Waals surface area contributed by atoms with Gasteiger partial charge in [0.05, 0.1) is 17.7 Å². The third-order valence-corrected chi connectivity index (χ3v) is 2.72. The van der Waals surface area contributed by atoms with Crippen LogP contribution in [0.4, 0.5) is 5.69 Å². The van der Waals surface area contributed by atoms with Crippen LogP contribution in [0.2, 0.25) is 0 Å². The monoisotopic (exact) mass is 219 g/mol. The number of anilines is 1. The van der Waals surface area contributed by atoms with Gasteiger partial charge in [-0.2, -0.15) is 0 Å². The lowest BCUT2D eigenvalue weighted by atomic mass is 10.1. The standard InChI is InChI=1S/C12H13NO3/c1-7(2)13-10(14)6-8-4-3-5-9(11(8)13)12(15)16/h3-5,7H,6H2,1-2H3,(H,15,16). The minimum atomic E-state index is -0.989. The number of hydrogen-bond donors (Lipinski definition) is 1. The minimum Gasteiger partial charge on any atom is -0.478 e.